The molecule has 0 saturated carbocycles. The van der Waals surface area contributed by atoms with E-state index in [2.05, 4.69) is 92.4 Å². The van der Waals surface area contributed by atoms with Crippen molar-refractivity contribution in [1.29, 1.82) is 10.5 Å². The highest BCUT2D eigenvalue weighted by atomic mass is 127. The number of hydrogen-bond donors (Lipinski definition) is 0. The van der Waals surface area contributed by atoms with Gasteiger partial charge < -0.3 is 4.74 Å². The fourth-order valence-corrected chi connectivity index (χ4v) is 7.13. The summed E-state index contributed by atoms with van der Waals surface area (Å²) in [6.45, 7) is 10.3. The molecule has 0 radical (unpaired) electrons. The lowest BCUT2D eigenvalue weighted by Gasteiger charge is -2.42. The molecular formula is C31H33IN2O. The Labute approximate surface area is 224 Å². The summed E-state index contributed by atoms with van der Waals surface area (Å²) in [7, 11) is 1.67. The third-order valence-electron chi connectivity index (χ3n) is 6.96. The molecule has 0 saturated heterocycles. The van der Waals surface area contributed by atoms with Gasteiger partial charge in [-0.3, -0.25) is 0 Å². The standard InChI is InChI=1S/C31H33IN2O/c1-6-16-30(20-33,21-34)27-9-7-8-10-28(27)31(32,29-23(3)18-22(2)19-24(29)4)17-15-25-11-13-26(35-5)14-12-25/h6,9,11-15,17-19,28H,1,7-8,10,16H2,2-5H3/b17-15+/t28-,31+/m1/s1. The van der Waals surface area contributed by atoms with E-state index in [1.165, 1.54) is 22.3 Å². The van der Waals surface area contributed by atoms with Crippen molar-refractivity contribution >= 4 is 28.7 Å². The SMILES string of the molecule is C=CCC(C#N)(C#N)C1=CCCC[C@H]1[C@@](I)(/C=C/c1ccc(OC)cc1)c1c(C)cc(C)cc1C. The van der Waals surface area contributed by atoms with Crippen molar-refractivity contribution in [3.8, 4) is 17.9 Å². The molecule has 0 aliphatic heterocycles. The van der Waals surface area contributed by atoms with Gasteiger partial charge in [0.15, 0.2) is 5.41 Å². The number of rotatable bonds is 8. The van der Waals surface area contributed by atoms with Gasteiger partial charge in [-0.15, -0.1) is 6.58 Å². The first kappa shape index (κ1) is 26.8. The first-order valence-electron chi connectivity index (χ1n) is 12.0. The number of ether oxygens (including phenoxy) is 1. The van der Waals surface area contributed by atoms with Crippen LogP contribution >= 0.6 is 22.6 Å². The van der Waals surface area contributed by atoms with E-state index in [0.717, 1.165) is 36.1 Å². The minimum absolute atomic E-state index is 0.00528. The lowest BCUT2D eigenvalue weighted by Crippen LogP contribution is -2.37. The van der Waals surface area contributed by atoms with Gasteiger partial charge in [-0.05, 0) is 80.0 Å². The van der Waals surface area contributed by atoms with Crippen molar-refractivity contribution < 1.29 is 4.74 Å². The summed E-state index contributed by atoms with van der Waals surface area (Å²) in [5, 5.41) is 20.4. The van der Waals surface area contributed by atoms with E-state index in [0.29, 0.717) is 6.42 Å². The number of benzene rings is 2. The summed E-state index contributed by atoms with van der Waals surface area (Å²) in [5.41, 5.74) is 5.75. The highest BCUT2D eigenvalue weighted by Gasteiger charge is 2.47. The Bertz CT molecular complexity index is 1190. The highest BCUT2D eigenvalue weighted by Crippen LogP contribution is 2.54. The molecule has 3 nitrogen and oxygen atoms in total. The Kier molecular flexibility index (Phi) is 8.62. The summed E-state index contributed by atoms with van der Waals surface area (Å²) in [5.74, 6) is 0.827. The molecule has 1 aliphatic carbocycles. The summed E-state index contributed by atoms with van der Waals surface area (Å²) in [6, 6.07) is 17.2. The zero-order valence-corrected chi connectivity index (χ0v) is 23.2. The van der Waals surface area contributed by atoms with E-state index < -0.39 is 8.84 Å². The Balaban J connectivity index is 2.25. The zero-order valence-electron chi connectivity index (χ0n) is 21.1. The van der Waals surface area contributed by atoms with Gasteiger partial charge in [0.2, 0.25) is 0 Å². The van der Waals surface area contributed by atoms with Crippen molar-refractivity contribution in [2.45, 2.75) is 49.9 Å². The molecule has 2 aromatic carbocycles. The average Bonchev–Trinajstić information content (AvgIpc) is 2.86. The lowest BCUT2D eigenvalue weighted by molar-refractivity contribution is 0.394. The molecule has 0 fully saturated rings. The highest BCUT2D eigenvalue weighted by molar-refractivity contribution is 14.1. The molecule has 2 atom stereocenters. The largest absolute Gasteiger partial charge is 0.497 e. The summed E-state index contributed by atoms with van der Waals surface area (Å²) in [4.78, 5) is 0. The van der Waals surface area contributed by atoms with Crippen LogP contribution in [0.25, 0.3) is 6.08 Å². The molecule has 180 valence electrons. The van der Waals surface area contributed by atoms with E-state index in [1.54, 1.807) is 13.2 Å². The molecule has 0 spiro atoms. The maximum atomic E-state index is 10.2. The normalized spacial score (nSPS) is 17.7. The third-order valence-corrected chi connectivity index (χ3v) is 8.61. The molecule has 0 N–H and O–H groups in total. The van der Waals surface area contributed by atoms with E-state index in [1.807, 2.05) is 24.3 Å². The molecule has 3 rings (SSSR count). The molecule has 35 heavy (non-hydrogen) atoms. The van der Waals surface area contributed by atoms with Gasteiger partial charge in [0.25, 0.3) is 0 Å². The molecule has 2 aromatic rings. The molecule has 0 amide bonds. The van der Waals surface area contributed by atoms with Crippen LogP contribution in [0.4, 0.5) is 0 Å². The Morgan fingerprint density at radius 3 is 2.29 bits per heavy atom. The van der Waals surface area contributed by atoms with Gasteiger partial charge in [0.05, 0.1) is 22.7 Å². The zero-order chi connectivity index (χ0) is 25.6. The fourth-order valence-electron chi connectivity index (χ4n) is 5.46. The van der Waals surface area contributed by atoms with Crippen molar-refractivity contribution in [2.75, 3.05) is 7.11 Å². The predicted molar refractivity (Wildman–Crippen MR) is 152 cm³/mol. The van der Waals surface area contributed by atoms with Gasteiger partial charge in [0.1, 0.15) is 5.75 Å². The fraction of sp³-hybridized carbons (Fsp3) is 0.355. The smallest absolute Gasteiger partial charge is 0.168 e. The first-order chi connectivity index (χ1) is 16.7. The number of nitrogens with zero attached hydrogens (tertiary/aromatic N) is 2. The van der Waals surface area contributed by atoms with Gasteiger partial charge in [-0.1, -0.05) is 76.7 Å². The molecule has 0 unspecified atom stereocenters. The number of nitriles is 2. The lowest BCUT2D eigenvalue weighted by atomic mass is 9.64. The number of alkyl halides is 1. The van der Waals surface area contributed by atoms with E-state index in [9.17, 15) is 10.5 Å². The van der Waals surface area contributed by atoms with E-state index in [4.69, 9.17) is 4.74 Å². The van der Waals surface area contributed by atoms with Crippen LogP contribution in [0.3, 0.4) is 0 Å². The summed E-state index contributed by atoms with van der Waals surface area (Å²) in [6.07, 6.45) is 11.4. The monoisotopic (exact) mass is 576 g/mol. The predicted octanol–water partition coefficient (Wildman–Crippen LogP) is 8.30. The first-order valence-corrected chi connectivity index (χ1v) is 13.1. The van der Waals surface area contributed by atoms with Gasteiger partial charge >= 0.3 is 0 Å². The topological polar surface area (TPSA) is 56.8 Å². The Morgan fingerprint density at radius 1 is 1.11 bits per heavy atom. The second-order valence-corrected chi connectivity index (χ2v) is 11.2. The second kappa shape index (κ2) is 11.3. The van der Waals surface area contributed by atoms with Crippen LogP contribution in [-0.4, -0.2) is 7.11 Å². The van der Waals surface area contributed by atoms with Crippen LogP contribution in [0.5, 0.6) is 5.75 Å². The number of aryl methyl sites for hydroxylation is 3. The number of halogens is 1. The van der Waals surface area contributed by atoms with Gasteiger partial charge in [0, 0.05) is 12.3 Å². The Morgan fingerprint density at radius 2 is 1.74 bits per heavy atom. The number of hydrogen-bond acceptors (Lipinski definition) is 3. The number of methoxy groups -OCH3 is 1. The van der Waals surface area contributed by atoms with Crippen LogP contribution in [-0.2, 0) is 3.42 Å². The van der Waals surface area contributed by atoms with Crippen LogP contribution < -0.4 is 4.74 Å². The van der Waals surface area contributed by atoms with Gasteiger partial charge in [-0.25, -0.2) is 0 Å². The average molecular weight is 577 g/mol. The molecule has 0 bridgehead atoms. The van der Waals surface area contributed by atoms with Crippen molar-refractivity contribution in [3.05, 3.63) is 94.6 Å². The second-order valence-electron chi connectivity index (χ2n) is 9.41. The van der Waals surface area contributed by atoms with Crippen molar-refractivity contribution in [1.82, 2.24) is 0 Å². The van der Waals surface area contributed by atoms with Crippen molar-refractivity contribution in [3.63, 3.8) is 0 Å². The maximum absolute atomic E-state index is 10.2. The van der Waals surface area contributed by atoms with Crippen LogP contribution in [0.15, 0.2) is 66.8 Å². The molecule has 1 aliphatic rings. The molecule has 0 aromatic heterocycles. The van der Waals surface area contributed by atoms with Gasteiger partial charge in [-0.2, -0.15) is 10.5 Å². The van der Waals surface area contributed by atoms with Crippen LogP contribution in [0.2, 0.25) is 0 Å². The molecule has 4 heteroatoms. The molecular weight excluding hydrogens is 543 g/mol. The van der Waals surface area contributed by atoms with E-state index >= 15 is 0 Å². The summed E-state index contributed by atoms with van der Waals surface area (Å²) < 4.78 is 4.88. The summed E-state index contributed by atoms with van der Waals surface area (Å²) >= 11 is 2.58. The van der Waals surface area contributed by atoms with Crippen LogP contribution in [0.1, 0.15) is 53.5 Å². The minimum Gasteiger partial charge on any atom is -0.497 e. The number of allylic oxidation sites excluding steroid dienone is 4. The van der Waals surface area contributed by atoms with E-state index in [-0.39, 0.29) is 5.92 Å². The third kappa shape index (κ3) is 5.39. The molecule has 0 heterocycles. The minimum atomic E-state index is -1.20. The van der Waals surface area contributed by atoms with Crippen LogP contribution in [0, 0.1) is 54.8 Å². The quantitative estimate of drug-likeness (QED) is 0.181. The van der Waals surface area contributed by atoms with Crippen molar-refractivity contribution in [2.24, 2.45) is 11.3 Å². The Hall–Kier alpha value is -2.83. The maximum Gasteiger partial charge on any atom is 0.168 e.